The highest BCUT2D eigenvalue weighted by molar-refractivity contribution is 5.95. The van der Waals surface area contributed by atoms with Crippen molar-refractivity contribution < 1.29 is 27.5 Å². The lowest BCUT2D eigenvalue weighted by Gasteiger charge is -2.43. The zero-order valence-corrected chi connectivity index (χ0v) is 19.6. The summed E-state index contributed by atoms with van der Waals surface area (Å²) < 4.78 is 44.4. The Morgan fingerprint density at radius 2 is 1.71 bits per heavy atom. The van der Waals surface area contributed by atoms with Crippen LogP contribution in [0, 0.1) is 0 Å². The van der Waals surface area contributed by atoms with Gasteiger partial charge in [0.15, 0.2) is 0 Å². The van der Waals surface area contributed by atoms with Crippen molar-refractivity contribution in [1.29, 1.82) is 0 Å². The molecule has 6 nitrogen and oxygen atoms in total. The zero-order chi connectivity index (χ0) is 25.2. The molecule has 0 bridgehead atoms. The van der Waals surface area contributed by atoms with E-state index in [0.29, 0.717) is 31.2 Å². The second-order valence-electron chi connectivity index (χ2n) is 9.66. The molecule has 4 rings (SSSR count). The van der Waals surface area contributed by atoms with E-state index in [4.69, 9.17) is 10.5 Å². The van der Waals surface area contributed by atoms with Gasteiger partial charge in [-0.2, -0.15) is 13.2 Å². The second-order valence-corrected chi connectivity index (χ2v) is 9.66. The minimum Gasteiger partial charge on any atom is -0.449 e. The van der Waals surface area contributed by atoms with Gasteiger partial charge in [-0.15, -0.1) is 0 Å². The number of carbonyl (C=O) groups is 2. The van der Waals surface area contributed by atoms with Gasteiger partial charge in [-0.1, -0.05) is 18.2 Å². The number of nitrogens with zero attached hydrogens (tertiary/aromatic N) is 2. The molecule has 2 amide bonds. The van der Waals surface area contributed by atoms with E-state index in [0.717, 1.165) is 25.5 Å². The molecule has 2 aliphatic rings. The highest BCUT2D eigenvalue weighted by Crippen LogP contribution is 2.43. The quantitative estimate of drug-likeness (QED) is 0.570. The number of rotatable bonds is 7. The summed E-state index contributed by atoms with van der Waals surface area (Å²) in [4.78, 5) is 31.2. The molecule has 0 saturated heterocycles. The molecule has 1 atom stereocenters. The smallest absolute Gasteiger partial charge is 0.404 e. The summed E-state index contributed by atoms with van der Waals surface area (Å²) in [5.41, 5.74) is 6.13. The van der Waals surface area contributed by atoms with Crippen LogP contribution in [0.2, 0.25) is 0 Å². The fourth-order valence-corrected chi connectivity index (χ4v) is 5.03. The Hall–Kier alpha value is -3.10. The first-order valence-electron chi connectivity index (χ1n) is 11.9. The van der Waals surface area contributed by atoms with Crippen molar-refractivity contribution in [3.05, 3.63) is 65.5 Å². The highest BCUT2D eigenvalue weighted by Gasteiger charge is 2.45. The molecule has 188 valence electrons. The van der Waals surface area contributed by atoms with Crippen molar-refractivity contribution in [3.8, 4) is 0 Å². The SMILES string of the molecule is CC(c1ccc(C(=O)N(C2CC2)C2CCC(COC(N)=O)(c3ccccn3)CC2)cc1)C(F)(F)F. The number of nitrogens with two attached hydrogens (primary N) is 1. The lowest BCUT2D eigenvalue weighted by Crippen LogP contribution is -2.48. The number of ether oxygens (including phenoxy) is 1. The summed E-state index contributed by atoms with van der Waals surface area (Å²) in [6, 6.07) is 11.6. The van der Waals surface area contributed by atoms with Crippen molar-refractivity contribution >= 4 is 12.0 Å². The highest BCUT2D eigenvalue weighted by atomic mass is 19.4. The van der Waals surface area contributed by atoms with E-state index in [1.165, 1.54) is 24.3 Å². The fourth-order valence-electron chi connectivity index (χ4n) is 5.03. The second kappa shape index (κ2) is 9.87. The standard InChI is InChI=1S/C26H30F3N3O3/c1-17(26(27,28)29)18-5-7-19(8-6-18)23(33)32(20-9-10-20)21-11-13-25(14-12-21,16-35-24(30)34)22-4-2-3-15-31-22/h2-8,15,17,20-21H,9-14,16H2,1H3,(H2,30,34). The number of primary amides is 1. The van der Waals surface area contributed by atoms with Crippen molar-refractivity contribution in [1.82, 2.24) is 9.88 Å². The summed E-state index contributed by atoms with van der Waals surface area (Å²) >= 11 is 0. The molecule has 2 aliphatic carbocycles. The third-order valence-corrected chi connectivity index (χ3v) is 7.33. The van der Waals surface area contributed by atoms with Crippen molar-refractivity contribution in [2.24, 2.45) is 5.73 Å². The van der Waals surface area contributed by atoms with Crippen LogP contribution in [0.4, 0.5) is 18.0 Å². The van der Waals surface area contributed by atoms with Crippen LogP contribution < -0.4 is 5.73 Å². The Kier molecular flexibility index (Phi) is 7.05. The predicted octanol–water partition coefficient (Wildman–Crippen LogP) is 5.33. The van der Waals surface area contributed by atoms with E-state index >= 15 is 0 Å². The van der Waals surface area contributed by atoms with E-state index in [1.807, 2.05) is 23.1 Å². The average molecular weight is 490 g/mol. The van der Waals surface area contributed by atoms with Crippen LogP contribution in [-0.4, -0.2) is 46.8 Å². The molecule has 0 aliphatic heterocycles. The van der Waals surface area contributed by atoms with Gasteiger partial charge in [-0.05, 0) is 75.3 Å². The van der Waals surface area contributed by atoms with Crippen LogP contribution >= 0.6 is 0 Å². The first-order valence-corrected chi connectivity index (χ1v) is 11.9. The number of aromatic nitrogens is 1. The summed E-state index contributed by atoms with van der Waals surface area (Å²) in [6.07, 6.45) is 1.11. The van der Waals surface area contributed by atoms with Gasteiger partial charge in [0.25, 0.3) is 5.91 Å². The Labute approximate surface area is 202 Å². The van der Waals surface area contributed by atoms with Gasteiger partial charge < -0.3 is 15.4 Å². The van der Waals surface area contributed by atoms with Crippen LogP contribution in [0.25, 0.3) is 0 Å². The van der Waals surface area contributed by atoms with Crippen LogP contribution in [0.15, 0.2) is 48.7 Å². The minimum atomic E-state index is -4.33. The molecule has 0 spiro atoms. The van der Waals surface area contributed by atoms with Crippen molar-refractivity contribution in [3.63, 3.8) is 0 Å². The van der Waals surface area contributed by atoms with Gasteiger partial charge in [0.1, 0.15) is 6.61 Å². The zero-order valence-electron chi connectivity index (χ0n) is 19.6. The Balaban J connectivity index is 1.50. The van der Waals surface area contributed by atoms with Crippen LogP contribution in [0.5, 0.6) is 0 Å². The predicted molar refractivity (Wildman–Crippen MR) is 124 cm³/mol. The third-order valence-electron chi connectivity index (χ3n) is 7.33. The first kappa shape index (κ1) is 25.0. The normalized spacial score (nSPS) is 23.4. The lowest BCUT2D eigenvalue weighted by molar-refractivity contribution is -0.146. The summed E-state index contributed by atoms with van der Waals surface area (Å²) in [5, 5.41) is 0. The van der Waals surface area contributed by atoms with Crippen LogP contribution in [0.3, 0.4) is 0 Å². The molecule has 1 aromatic carbocycles. The Morgan fingerprint density at radius 3 is 2.23 bits per heavy atom. The number of pyridine rings is 1. The fraction of sp³-hybridized carbons (Fsp3) is 0.500. The molecular formula is C26H30F3N3O3. The molecule has 1 aromatic heterocycles. The van der Waals surface area contributed by atoms with Gasteiger partial charge in [0.05, 0.1) is 5.92 Å². The maximum Gasteiger partial charge on any atom is 0.404 e. The summed E-state index contributed by atoms with van der Waals surface area (Å²) in [7, 11) is 0. The van der Waals surface area contributed by atoms with Crippen LogP contribution in [0.1, 0.15) is 73.0 Å². The van der Waals surface area contributed by atoms with E-state index in [9.17, 15) is 22.8 Å². The molecule has 1 unspecified atom stereocenters. The van der Waals surface area contributed by atoms with E-state index in [1.54, 1.807) is 6.20 Å². The molecular weight excluding hydrogens is 459 g/mol. The molecule has 2 fully saturated rings. The lowest BCUT2D eigenvalue weighted by atomic mass is 9.70. The monoisotopic (exact) mass is 489 g/mol. The van der Waals surface area contributed by atoms with Gasteiger partial charge in [0.2, 0.25) is 0 Å². The largest absolute Gasteiger partial charge is 0.449 e. The number of alkyl halides is 3. The molecule has 2 N–H and O–H groups in total. The maximum absolute atomic E-state index is 13.5. The van der Waals surface area contributed by atoms with Crippen molar-refractivity contribution in [2.75, 3.05) is 6.61 Å². The Bertz CT molecular complexity index is 1030. The number of halogens is 3. The Morgan fingerprint density at radius 1 is 1.09 bits per heavy atom. The maximum atomic E-state index is 13.5. The van der Waals surface area contributed by atoms with E-state index in [2.05, 4.69) is 4.98 Å². The molecule has 0 radical (unpaired) electrons. The van der Waals surface area contributed by atoms with Crippen LogP contribution in [-0.2, 0) is 10.2 Å². The first-order chi connectivity index (χ1) is 16.6. The van der Waals surface area contributed by atoms with Gasteiger partial charge in [0, 0.05) is 35.0 Å². The van der Waals surface area contributed by atoms with Crippen molar-refractivity contribution in [2.45, 2.75) is 75.0 Å². The number of carbonyl (C=O) groups excluding carboxylic acids is 2. The van der Waals surface area contributed by atoms with Gasteiger partial charge >= 0.3 is 12.3 Å². The number of amides is 2. The molecule has 2 aromatic rings. The molecule has 1 heterocycles. The average Bonchev–Trinajstić information content (AvgIpc) is 3.68. The van der Waals surface area contributed by atoms with Gasteiger partial charge in [-0.3, -0.25) is 9.78 Å². The summed E-state index contributed by atoms with van der Waals surface area (Å²) in [5.74, 6) is -1.74. The number of benzene rings is 1. The molecule has 2 saturated carbocycles. The molecule has 35 heavy (non-hydrogen) atoms. The number of hydrogen-bond donors (Lipinski definition) is 1. The summed E-state index contributed by atoms with van der Waals surface area (Å²) in [6.45, 7) is 1.24. The third kappa shape index (κ3) is 5.60. The molecule has 9 heteroatoms. The minimum absolute atomic E-state index is 0.00538. The topological polar surface area (TPSA) is 85.5 Å². The van der Waals surface area contributed by atoms with E-state index in [-0.39, 0.29) is 30.2 Å². The van der Waals surface area contributed by atoms with Gasteiger partial charge in [-0.25, -0.2) is 4.79 Å². The van der Waals surface area contributed by atoms with E-state index < -0.39 is 23.6 Å². The number of hydrogen-bond acceptors (Lipinski definition) is 4.